The first-order valence-electron chi connectivity index (χ1n) is 8.03. The van der Waals surface area contributed by atoms with Gasteiger partial charge in [0.25, 0.3) is 0 Å². The van der Waals surface area contributed by atoms with Crippen LogP contribution >= 0.6 is 11.8 Å². The zero-order chi connectivity index (χ0) is 17.6. The fourth-order valence-corrected chi connectivity index (χ4v) is 4.63. The maximum absolute atomic E-state index is 14.5. The van der Waals surface area contributed by atoms with Crippen LogP contribution in [0.1, 0.15) is 23.8 Å². The van der Waals surface area contributed by atoms with Crippen molar-refractivity contribution in [3.05, 3.63) is 53.4 Å². The van der Waals surface area contributed by atoms with Crippen LogP contribution < -0.4 is 5.73 Å². The van der Waals surface area contributed by atoms with Crippen LogP contribution in [-0.4, -0.2) is 27.3 Å². The first kappa shape index (κ1) is 16.5. The molecule has 1 fully saturated rings. The van der Waals surface area contributed by atoms with Gasteiger partial charge >= 0.3 is 0 Å². The molecule has 3 atom stereocenters. The van der Waals surface area contributed by atoms with E-state index in [0.29, 0.717) is 22.9 Å². The second kappa shape index (κ2) is 6.10. The number of rotatable bonds is 2. The van der Waals surface area contributed by atoms with Gasteiger partial charge in [-0.05, 0) is 18.6 Å². The largest absolute Gasteiger partial charge is 0.379 e. The molecule has 0 amide bonds. The predicted octanol–water partition coefficient (Wildman–Crippen LogP) is 2.73. The molecule has 25 heavy (non-hydrogen) atoms. The SMILES string of the molecule is Cn1ccc([C@H]2CC3CSC(N)=NC3(c3ccc(F)cc3F)CO2)n1. The Balaban J connectivity index is 1.73. The lowest BCUT2D eigenvalue weighted by molar-refractivity contribution is -0.0608. The highest BCUT2D eigenvalue weighted by Crippen LogP contribution is 2.49. The van der Waals surface area contributed by atoms with Crippen molar-refractivity contribution in [3.63, 3.8) is 0 Å². The highest BCUT2D eigenvalue weighted by Gasteiger charge is 2.49. The number of benzene rings is 1. The molecule has 1 saturated heterocycles. The molecule has 0 spiro atoms. The lowest BCUT2D eigenvalue weighted by Gasteiger charge is -2.46. The van der Waals surface area contributed by atoms with Gasteiger partial charge < -0.3 is 10.5 Å². The van der Waals surface area contributed by atoms with E-state index in [1.54, 1.807) is 4.68 Å². The Morgan fingerprint density at radius 1 is 1.36 bits per heavy atom. The third-order valence-corrected chi connectivity index (χ3v) is 5.84. The minimum atomic E-state index is -0.918. The second-order valence-corrected chi connectivity index (χ2v) is 7.50. The Morgan fingerprint density at radius 3 is 2.92 bits per heavy atom. The van der Waals surface area contributed by atoms with Crippen LogP contribution in [0, 0.1) is 17.6 Å². The number of aliphatic imine (C=N–C) groups is 1. The summed E-state index contributed by atoms with van der Waals surface area (Å²) in [6, 6.07) is 5.51. The lowest BCUT2D eigenvalue weighted by atomic mass is 9.74. The normalized spacial score (nSPS) is 29.2. The molecule has 4 rings (SSSR count). The summed E-state index contributed by atoms with van der Waals surface area (Å²) in [5.41, 5.74) is 6.21. The molecule has 1 aromatic carbocycles. The molecule has 8 heteroatoms. The van der Waals surface area contributed by atoms with Crippen molar-refractivity contribution < 1.29 is 13.5 Å². The number of nitrogens with zero attached hydrogens (tertiary/aromatic N) is 3. The molecule has 132 valence electrons. The van der Waals surface area contributed by atoms with Crippen molar-refractivity contribution in [1.82, 2.24) is 9.78 Å². The average Bonchev–Trinajstić information content (AvgIpc) is 3.00. The van der Waals surface area contributed by atoms with E-state index >= 15 is 0 Å². The third-order valence-electron chi connectivity index (χ3n) is 4.88. The molecule has 0 radical (unpaired) electrons. The summed E-state index contributed by atoms with van der Waals surface area (Å²) >= 11 is 1.46. The lowest BCUT2D eigenvalue weighted by Crippen LogP contribution is -2.48. The van der Waals surface area contributed by atoms with Crippen LogP contribution in [0.5, 0.6) is 0 Å². The van der Waals surface area contributed by atoms with Gasteiger partial charge in [0.2, 0.25) is 0 Å². The minimum Gasteiger partial charge on any atom is -0.379 e. The number of hydrogen-bond donors (Lipinski definition) is 1. The van der Waals surface area contributed by atoms with Crippen LogP contribution in [0.3, 0.4) is 0 Å². The standard InChI is InChI=1S/C17H18F2N4OS/c1-23-5-4-14(22-23)15-6-10-8-25-16(20)21-17(10,9-24-15)12-3-2-11(18)7-13(12)19/h2-5,7,10,15H,6,8-9H2,1H3,(H2,20,21)/t10?,15-,17?/m1/s1. The summed E-state index contributed by atoms with van der Waals surface area (Å²) in [4.78, 5) is 4.57. The molecular weight excluding hydrogens is 346 g/mol. The number of amidine groups is 1. The molecule has 0 aliphatic carbocycles. The van der Waals surface area contributed by atoms with Gasteiger partial charge in [-0.2, -0.15) is 5.10 Å². The number of nitrogens with two attached hydrogens (primary N) is 1. The Hall–Kier alpha value is -1.93. The molecule has 2 unspecified atom stereocenters. The number of aryl methyl sites for hydroxylation is 1. The van der Waals surface area contributed by atoms with Crippen molar-refractivity contribution in [2.24, 2.45) is 23.7 Å². The molecule has 2 aliphatic heterocycles. The van der Waals surface area contributed by atoms with Crippen molar-refractivity contribution >= 4 is 16.9 Å². The Labute approximate surface area is 148 Å². The summed E-state index contributed by atoms with van der Waals surface area (Å²) < 4.78 is 35.6. The maximum Gasteiger partial charge on any atom is 0.154 e. The number of thioether (sulfide) groups is 1. The minimum absolute atomic E-state index is 0.0190. The molecule has 1 aromatic heterocycles. The van der Waals surface area contributed by atoms with Crippen molar-refractivity contribution in [2.75, 3.05) is 12.4 Å². The highest BCUT2D eigenvalue weighted by atomic mass is 32.2. The van der Waals surface area contributed by atoms with Crippen LogP contribution in [-0.2, 0) is 17.3 Å². The van der Waals surface area contributed by atoms with E-state index in [2.05, 4.69) is 10.1 Å². The molecule has 0 bridgehead atoms. The van der Waals surface area contributed by atoms with E-state index in [-0.39, 0.29) is 18.6 Å². The smallest absolute Gasteiger partial charge is 0.154 e. The zero-order valence-corrected chi connectivity index (χ0v) is 14.5. The fourth-order valence-electron chi connectivity index (χ4n) is 3.62. The van der Waals surface area contributed by atoms with E-state index in [0.717, 1.165) is 11.8 Å². The monoisotopic (exact) mass is 364 g/mol. The Morgan fingerprint density at radius 2 is 2.20 bits per heavy atom. The second-order valence-electron chi connectivity index (χ2n) is 6.46. The first-order chi connectivity index (χ1) is 12.0. The Bertz CT molecular complexity index is 840. The highest BCUT2D eigenvalue weighted by molar-refractivity contribution is 8.13. The number of hydrogen-bond acceptors (Lipinski definition) is 5. The van der Waals surface area contributed by atoms with Gasteiger partial charge in [-0.1, -0.05) is 17.8 Å². The molecule has 0 saturated carbocycles. The van der Waals surface area contributed by atoms with Gasteiger partial charge in [0, 0.05) is 36.5 Å². The maximum atomic E-state index is 14.5. The van der Waals surface area contributed by atoms with Gasteiger partial charge in [-0.3, -0.25) is 4.68 Å². The fraction of sp³-hybridized carbons (Fsp3) is 0.412. The molecule has 5 nitrogen and oxygen atoms in total. The predicted molar refractivity (Wildman–Crippen MR) is 92.1 cm³/mol. The number of halogens is 2. The molecule has 3 heterocycles. The molecule has 2 aliphatic rings. The van der Waals surface area contributed by atoms with E-state index in [1.807, 2.05) is 19.3 Å². The topological polar surface area (TPSA) is 65.4 Å². The summed E-state index contributed by atoms with van der Waals surface area (Å²) in [6.07, 6.45) is 2.35. The van der Waals surface area contributed by atoms with Crippen molar-refractivity contribution in [1.29, 1.82) is 0 Å². The van der Waals surface area contributed by atoms with Crippen LogP contribution in [0.4, 0.5) is 8.78 Å². The van der Waals surface area contributed by atoms with E-state index in [4.69, 9.17) is 10.5 Å². The first-order valence-corrected chi connectivity index (χ1v) is 9.01. The molecular formula is C17H18F2N4OS. The molecule has 2 aromatic rings. The Kier molecular flexibility index (Phi) is 4.04. The van der Waals surface area contributed by atoms with E-state index < -0.39 is 17.2 Å². The average molecular weight is 364 g/mol. The van der Waals surface area contributed by atoms with Gasteiger partial charge in [0.15, 0.2) is 5.17 Å². The van der Waals surface area contributed by atoms with Gasteiger partial charge in [-0.25, -0.2) is 13.8 Å². The van der Waals surface area contributed by atoms with Crippen molar-refractivity contribution in [3.8, 4) is 0 Å². The summed E-state index contributed by atoms with van der Waals surface area (Å²) in [6.45, 7) is 0.183. The van der Waals surface area contributed by atoms with Gasteiger partial charge in [0.1, 0.15) is 23.3 Å². The number of ether oxygens (including phenoxy) is 1. The van der Waals surface area contributed by atoms with Crippen LogP contribution in [0.15, 0.2) is 35.5 Å². The number of aromatic nitrogens is 2. The summed E-state index contributed by atoms with van der Waals surface area (Å²) in [5, 5.41) is 4.81. The van der Waals surface area contributed by atoms with Gasteiger partial charge in [0.05, 0.1) is 12.3 Å². The van der Waals surface area contributed by atoms with Crippen molar-refractivity contribution in [2.45, 2.75) is 18.1 Å². The number of fused-ring (bicyclic) bond motifs is 1. The zero-order valence-electron chi connectivity index (χ0n) is 13.7. The van der Waals surface area contributed by atoms with Crippen LogP contribution in [0.2, 0.25) is 0 Å². The van der Waals surface area contributed by atoms with E-state index in [9.17, 15) is 8.78 Å². The van der Waals surface area contributed by atoms with E-state index in [1.165, 1.54) is 23.9 Å². The quantitative estimate of drug-likeness (QED) is 0.890. The van der Waals surface area contributed by atoms with Gasteiger partial charge in [-0.15, -0.1) is 0 Å². The molecule has 2 N–H and O–H groups in total. The summed E-state index contributed by atoms with van der Waals surface area (Å²) in [5.74, 6) is -0.503. The third kappa shape index (κ3) is 2.83. The summed E-state index contributed by atoms with van der Waals surface area (Å²) in [7, 11) is 1.85. The van der Waals surface area contributed by atoms with Crippen LogP contribution in [0.25, 0.3) is 0 Å².